The Balaban J connectivity index is 1.41. The molecule has 1 saturated heterocycles. The van der Waals surface area contributed by atoms with Crippen molar-refractivity contribution in [1.29, 1.82) is 0 Å². The first-order chi connectivity index (χ1) is 14.5. The summed E-state index contributed by atoms with van der Waals surface area (Å²) in [6.07, 6.45) is 5.84. The fraction of sp³-hybridized carbons (Fsp3) is 0.476. The maximum atomic E-state index is 13.3. The number of likely N-dealkylation sites (tertiary alicyclic amines) is 1. The van der Waals surface area contributed by atoms with Gasteiger partial charge in [0.05, 0.1) is 23.6 Å². The van der Waals surface area contributed by atoms with E-state index in [-0.39, 0.29) is 5.91 Å². The first-order valence-corrected chi connectivity index (χ1v) is 10.3. The van der Waals surface area contributed by atoms with Gasteiger partial charge in [-0.2, -0.15) is 14.8 Å². The fourth-order valence-electron chi connectivity index (χ4n) is 4.49. The van der Waals surface area contributed by atoms with E-state index in [0.717, 1.165) is 23.2 Å². The van der Waals surface area contributed by atoms with Crippen molar-refractivity contribution in [1.82, 2.24) is 29.7 Å². The summed E-state index contributed by atoms with van der Waals surface area (Å²) in [5, 5.41) is 8.58. The predicted molar refractivity (Wildman–Crippen MR) is 111 cm³/mol. The van der Waals surface area contributed by atoms with E-state index in [2.05, 4.69) is 15.2 Å². The maximum Gasteiger partial charge on any atom is 0.258 e. The molecule has 0 saturated carbocycles. The number of aryl methyl sites for hydroxylation is 1. The van der Waals surface area contributed by atoms with Gasteiger partial charge in [0, 0.05) is 39.6 Å². The van der Waals surface area contributed by atoms with Gasteiger partial charge in [0.1, 0.15) is 11.1 Å². The summed E-state index contributed by atoms with van der Waals surface area (Å²) in [5.74, 6) is 0.685. The number of ether oxygens (including phenoxy) is 1. The maximum absolute atomic E-state index is 13.3. The number of anilines is 1. The number of amides is 1. The minimum Gasteiger partial charge on any atom is -0.368 e. The fourth-order valence-corrected chi connectivity index (χ4v) is 4.49. The molecule has 0 radical (unpaired) electrons. The summed E-state index contributed by atoms with van der Waals surface area (Å²) >= 11 is 0. The average Bonchev–Trinajstić information content (AvgIpc) is 3.09. The lowest BCUT2D eigenvalue weighted by Crippen LogP contribution is -2.49. The van der Waals surface area contributed by atoms with Crippen LogP contribution in [0.15, 0.2) is 24.5 Å². The highest BCUT2D eigenvalue weighted by Crippen LogP contribution is 2.41. The van der Waals surface area contributed by atoms with Crippen molar-refractivity contribution in [2.24, 2.45) is 0 Å². The van der Waals surface area contributed by atoms with Gasteiger partial charge in [-0.05, 0) is 43.9 Å². The molecule has 3 aromatic heterocycles. The first-order valence-electron chi connectivity index (χ1n) is 10.3. The highest BCUT2D eigenvalue weighted by atomic mass is 16.5. The van der Waals surface area contributed by atoms with E-state index in [9.17, 15) is 4.79 Å². The molecule has 3 aromatic rings. The van der Waals surface area contributed by atoms with Crippen molar-refractivity contribution in [3.63, 3.8) is 0 Å². The minimum atomic E-state index is -0.449. The molecule has 0 bridgehead atoms. The van der Waals surface area contributed by atoms with Gasteiger partial charge in [0.2, 0.25) is 5.95 Å². The lowest BCUT2D eigenvalue weighted by atomic mass is 9.83. The second-order valence-corrected chi connectivity index (χ2v) is 8.18. The number of piperidine rings is 1. The predicted octanol–water partition coefficient (Wildman–Crippen LogP) is 1.60. The topological polar surface area (TPSA) is 88.8 Å². The molecule has 1 fully saturated rings. The Kier molecular flexibility index (Phi) is 4.43. The quantitative estimate of drug-likeness (QED) is 0.637. The number of fused-ring (bicyclic) bond motifs is 3. The van der Waals surface area contributed by atoms with Crippen LogP contribution < -0.4 is 4.90 Å². The van der Waals surface area contributed by atoms with E-state index in [4.69, 9.17) is 9.72 Å². The van der Waals surface area contributed by atoms with E-state index in [1.807, 2.05) is 49.1 Å². The number of nitrogens with zero attached hydrogens (tertiary/aromatic N) is 7. The van der Waals surface area contributed by atoms with Crippen LogP contribution in [0.5, 0.6) is 0 Å². The summed E-state index contributed by atoms with van der Waals surface area (Å²) in [5.41, 5.74) is 3.74. The zero-order valence-corrected chi connectivity index (χ0v) is 17.5. The lowest BCUT2D eigenvalue weighted by Gasteiger charge is -2.44. The van der Waals surface area contributed by atoms with Crippen LogP contribution in [0.4, 0.5) is 5.95 Å². The normalized spacial score (nSPS) is 17.9. The lowest BCUT2D eigenvalue weighted by molar-refractivity contribution is -0.0966. The van der Waals surface area contributed by atoms with Gasteiger partial charge in [-0.3, -0.25) is 4.79 Å². The molecule has 9 nitrogen and oxygen atoms in total. The van der Waals surface area contributed by atoms with E-state index in [0.29, 0.717) is 49.7 Å². The molecule has 156 valence electrons. The van der Waals surface area contributed by atoms with Gasteiger partial charge < -0.3 is 14.5 Å². The van der Waals surface area contributed by atoms with Crippen molar-refractivity contribution in [2.75, 3.05) is 38.7 Å². The molecule has 2 aliphatic rings. The number of aromatic nitrogens is 5. The van der Waals surface area contributed by atoms with Crippen LogP contribution in [0, 0.1) is 6.92 Å². The Morgan fingerprint density at radius 1 is 1.27 bits per heavy atom. The summed E-state index contributed by atoms with van der Waals surface area (Å²) in [6.45, 7) is 3.73. The standard InChI is InChI=1S/C21H25N7O2/c1-14-17(16-5-4-9-23-28(16)25-14)19(29)27-10-7-21(8-11-27)18-15(6-12-30-21)13-22-20(24-18)26(2)3/h4-5,9,13H,6-8,10-12H2,1-3H3. The summed E-state index contributed by atoms with van der Waals surface area (Å²) in [6, 6.07) is 3.71. The van der Waals surface area contributed by atoms with Crippen LogP contribution in [0.1, 0.15) is 40.2 Å². The van der Waals surface area contributed by atoms with Crippen LogP contribution in [0.25, 0.3) is 5.52 Å². The molecular weight excluding hydrogens is 382 g/mol. The van der Waals surface area contributed by atoms with E-state index in [1.54, 1.807) is 6.20 Å². The van der Waals surface area contributed by atoms with Crippen molar-refractivity contribution in [3.8, 4) is 0 Å². The SMILES string of the molecule is Cc1nn2ncccc2c1C(=O)N1CCC2(CC1)OCCc1cnc(N(C)C)nc12. The molecule has 9 heteroatoms. The highest BCUT2D eigenvalue weighted by Gasteiger charge is 2.44. The molecule has 30 heavy (non-hydrogen) atoms. The zero-order valence-electron chi connectivity index (χ0n) is 17.5. The number of carbonyl (C=O) groups excluding carboxylic acids is 1. The van der Waals surface area contributed by atoms with Gasteiger partial charge in [-0.25, -0.2) is 9.97 Å². The number of carbonyl (C=O) groups is 1. The highest BCUT2D eigenvalue weighted by molar-refractivity contribution is 6.01. The van der Waals surface area contributed by atoms with Crippen LogP contribution in [0.3, 0.4) is 0 Å². The Labute approximate surface area is 174 Å². The third-order valence-corrected chi connectivity index (χ3v) is 6.10. The average molecular weight is 407 g/mol. The molecule has 0 aromatic carbocycles. The third-order valence-electron chi connectivity index (χ3n) is 6.10. The smallest absolute Gasteiger partial charge is 0.258 e. The minimum absolute atomic E-state index is 0.00180. The number of hydrogen-bond acceptors (Lipinski definition) is 7. The van der Waals surface area contributed by atoms with E-state index < -0.39 is 5.60 Å². The largest absolute Gasteiger partial charge is 0.368 e. The van der Waals surface area contributed by atoms with Crippen molar-refractivity contribution < 1.29 is 9.53 Å². The first kappa shape index (κ1) is 18.9. The van der Waals surface area contributed by atoms with E-state index in [1.165, 1.54) is 4.63 Å². The molecule has 5 rings (SSSR count). The van der Waals surface area contributed by atoms with Crippen LogP contribution >= 0.6 is 0 Å². The van der Waals surface area contributed by atoms with Gasteiger partial charge >= 0.3 is 0 Å². The van der Waals surface area contributed by atoms with Crippen LogP contribution in [-0.2, 0) is 16.8 Å². The van der Waals surface area contributed by atoms with Crippen LogP contribution in [-0.4, -0.2) is 69.4 Å². The Morgan fingerprint density at radius 2 is 2.07 bits per heavy atom. The zero-order chi connectivity index (χ0) is 20.9. The van der Waals surface area contributed by atoms with Crippen LogP contribution in [0.2, 0.25) is 0 Å². The molecule has 1 spiro atoms. The molecule has 2 aliphatic heterocycles. The molecule has 0 unspecified atom stereocenters. The van der Waals surface area contributed by atoms with Gasteiger partial charge in [0.25, 0.3) is 5.91 Å². The molecule has 1 amide bonds. The molecule has 0 atom stereocenters. The summed E-state index contributed by atoms with van der Waals surface area (Å²) < 4.78 is 7.83. The Morgan fingerprint density at radius 3 is 2.83 bits per heavy atom. The Bertz CT molecular complexity index is 1120. The van der Waals surface area contributed by atoms with Crippen molar-refractivity contribution in [3.05, 3.63) is 47.0 Å². The summed E-state index contributed by atoms with van der Waals surface area (Å²) in [7, 11) is 3.87. The Hall–Kier alpha value is -3.07. The number of hydrogen-bond donors (Lipinski definition) is 0. The third kappa shape index (κ3) is 2.92. The van der Waals surface area contributed by atoms with Crippen molar-refractivity contribution in [2.45, 2.75) is 31.8 Å². The summed E-state index contributed by atoms with van der Waals surface area (Å²) in [4.78, 5) is 26.4. The van der Waals surface area contributed by atoms with Crippen molar-refractivity contribution >= 4 is 17.4 Å². The molecular formula is C21H25N7O2. The van der Waals surface area contributed by atoms with Gasteiger partial charge in [-0.1, -0.05) is 0 Å². The van der Waals surface area contributed by atoms with E-state index >= 15 is 0 Å². The number of rotatable bonds is 2. The second kappa shape index (κ2) is 7.02. The molecule has 0 N–H and O–H groups in total. The molecule has 0 aliphatic carbocycles. The molecule has 5 heterocycles. The second-order valence-electron chi connectivity index (χ2n) is 8.18. The van der Waals surface area contributed by atoms with Gasteiger partial charge in [-0.15, -0.1) is 0 Å². The monoisotopic (exact) mass is 407 g/mol. The van der Waals surface area contributed by atoms with Gasteiger partial charge in [0.15, 0.2) is 0 Å².